The predicted molar refractivity (Wildman–Crippen MR) is 128 cm³/mol. The van der Waals surface area contributed by atoms with E-state index in [1.807, 2.05) is 35.0 Å². The average molecular weight is 468 g/mol. The number of amides is 1. The number of thioether (sulfide) groups is 1. The SMILES string of the molecule is COCCn1c(SCC(=O)Nc2cc(OC)ccc2OC)nnc1-c1c[nH]c2ccccc12. The molecule has 2 aromatic carbocycles. The molecule has 0 saturated carbocycles. The Morgan fingerprint density at radius 2 is 1.97 bits per heavy atom. The number of H-pyrrole nitrogens is 1. The van der Waals surface area contributed by atoms with Crippen LogP contribution in [0.25, 0.3) is 22.3 Å². The van der Waals surface area contributed by atoms with E-state index in [0.717, 1.165) is 22.3 Å². The molecule has 0 atom stereocenters. The van der Waals surface area contributed by atoms with Gasteiger partial charge >= 0.3 is 0 Å². The second kappa shape index (κ2) is 10.4. The largest absolute Gasteiger partial charge is 0.497 e. The lowest BCUT2D eigenvalue weighted by Crippen LogP contribution is -2.16. The molecule has 0 aliphatic heterocycles. The number of benzene rings is 2. The number of methoxy groups -OCH3 is 3. The van der Waals surface area contributed by atoms with Crippen LogP contribution in [0.4, 0.5) is 5.69 Å². The molecule has 172 valence electrons. The molecule has 2 heterocycles. The van der Waals surface area contributed by atoms with E-state index in [1.165, 1.54) is 11.8 Å². The van der Waals surface area contributed by atoms with E-state index in [-0.39, 0.29) is 11.7 Å². The number of hydrogen-bond acceptors (Lipinski definition) is 7. The predicted octanol–water partition coefficient (Wildman–Crippen LogP) is 3.82. The summed E-state index contributed by atoms with van der Waals surface area (Å²) in [5, 5.41) is 13.3. The molecule has 1 amide bonds. The Balaban J connectivity index is 1.53. The van der Waals surface area contributed by atoms with Gasteiger partial charge in [-0.3, -0.25) is 9.36 Å². The maximum atomic E-state index is 12.7. The van der Waals surface area contributed by atoms with Gasteiger partial charge in [0, 0.05) is 35.8 Å². The quantitative estimate of drug-likeness (QED) is 0.342. The van der Waals surface area contributed by atoms with Crippen LogP contribution in [0.1, 0.15) is 0 Å². The summed E-state index contributed by atoms with van der Waals surface area (Å²) in [5.74, 6) is 1.86. The number of carbonyl (C=O) groups excluding carboxylic acids is 1. The number of rotatable bonds is 10. The van der Waals surface area contributed by atoms with Crippen molar-refractivity contribution in [1.82, 2.24) is 19.7 Å². The van der Waals surface area contributed by atoms with Crippen LogP contribution in [-0.2, 0) is 16.1 Å². The molecule has 0 unspecified atom stereocenters. The average Bonchev–Trinajstić information content (AvgIpc) is 3.44. The van der Waals surface area contributed by atoms with Crippen molar-refractivity contribution in [3.63, 3.8) is 0 Å². The van der Waals surface area contributed by atoms with Gasteiger partial charge in [0.2, 0.25) is 5.91 Å². The smallest absolute Gasteiger partial charge is 0.234 e. The van der Waals surface area contributed by atoms with E-state index < -0.39 is 0 Å². The van der Waals surface area contributed by atoms with Crippen LogP contribution in [-0.4, -0.2) is 59.3 Å². The van der Waals surface area contributed by atoms with E-state index in [0.29, 0.717) is 35.5 Å². The lowest BCUT2D eigenvalue weighted by Gasteiger charge is -2.12. The maximum absolute atomic E-state index is 12.7. The first-order valence-corrected chi connectivity index (χ1v) is 11.3. The number of nitrogens with zero attached hydrogens (tertiary/aromatic N) is 3. The van der Waals surface area contributed by atoms with Crippen molar-refractivity contribution in [2.24, 2.45) is 0 Å². The highest BCUT2D eigenvalue weighted by molar-refractivity contribution is 7.99. The van der Waals surface area contributed by atoms with Crippen LogP contribution < -0.4 is 14.8 Å². The van der Waals surface area contributed by atoms with Gasteiger partial charge < -0.3 is 24.5 Å². The van der Waals surface area contributed by atoms with Gasteiger partial charge in [-0.25, -0.2) is 0 Å². The zero-order chi connectivity index (χ0) is 23.2. The summed E-state index contributed by atoms with van der Waals surface area (Å²) < 4.78 is 17.8. The standard InChI is InChI=1S/C23H25N5O4S/c1-30-11-10-28-22(17-13-24-18-7-5-4-6-16(17)18)26-27-23(28)33-14-21(29)25-19-12-15(31-2)8-9-20(19)32-3/h4-9,12-13,24H,10-11,14H2,1-3H3,(H,25,29). The summed E-state index contributed by atoms with van der Waals surface area (Å²) in [5.41, 5.74) is 2.52. The minimum absolute atomic E-state index is 0.152. The van der Waals surface area contributed by atoms with E-state index in [2.05, 4.69) is 20.5 Å². The van der Waals surface area contributed by atoms with Crippen molar-refractivity contribution < 1.29 is 19.0 Å². The molecule has 0 radical (unpaired) electrons. The first-order chi connectivity index (χ1) is 16.1. The highest BCUT2D eigenvalue weighted by atomic mass is 32.2. The topological polar surface area (TPSA) is 103 Å². The first kappa shape index (κ1) is 22.7. The van der Waals surface area contributed by atoms with Gasteiger partial charge in [0.15, 0.2) is 11.0 Å². The van der Waals surface area contributed by atoms with Crippen molar-refractivity contribution in [3.8, 4) is 22.9 Å². The number of anilines is 1. The van der Waals surface area contributed by atoms with Crippen molar-refractivity contribution in [2.75, 3.05) is 39.0 Å². The van der Waals surface area contributed by atoms with Gasteiger partial charge in [-0.05, 0) is 18.2 Å². The number of ether oxygens (including phenoxy) is 3. The molecule has 33 heavy (non-hydrogen) atoms. The van der Waals surface area contributed by atoms with Crippen LogP contribution in [0.3, 0.4) is 0 Å². The third-order valence-electron chi connectivity index (χ3n) is 5.08. The fourth-order valence-corrected chi connectivity index (χ4v) is 4.23. The summed E-state index contributed by atoms with van der Waals surface area (Å²) in [7, 11) is 4.77. The Morgan fingerprint density at radius 1 is 1.12 bits per heavy atom. The third kappa shape index (κ3) is 4.96. The van der Waals surface area contributed by atoms with Crippen molar-refractivity contribution in [3.05, 3.63) is 48.7 Å². The van der Waals surface area contributed by atoms with Crippen LogP contribution in [0.2, 0.25) is 0 Å². The molecular weight excluding hydrogens is 442 g/mol. The molecule has 4 aromatic rings. The number of para-hydroxylation sites is 1. The summed E-state index contributed by atoms with van der Waals surface area (Å²) in [6.45, 7) is 1.06. The zero-order valence-corrected chi connectivity index (χ0v) is 19.4. The minimum Gasteiger partial charge on any atom is -0.497 e. The number of hydrogen-bond donors (Lipinski definition) is 2. The van der Waals surface area contributed by atoms with Crippen LogP contribution >= 0.6 is 11.8 Å². The molecule has 0 fully saturated rings. The lowest BCUT2D eigenvalue weighted by molar-refractivity contribution is -0.113. The fraction of sp³-hybridized carbons (Fsp3) is 0.261. The molecule has 0 aliphatic rings. The Bertz CT molecular complexity index is 1250. The number of carbonyl (C=O) groups is 1. The van der Waals surface area contributed by atoms with Crippen LogP contribution in [0.5, 0.6) is 11.5 Å². The third-order valence-corrected chi connectivity index (χ3v) is 6.05. The molecule has 2 aromatic heterocycles. The van der Waals surface area contributed by atoms with Crippen LogP contribution in [0.15, 0.2) is 53.8 Å². The monoisotopic (exact) mass is 467 g/mol. The summed E-state index contributed by atoms with van der Waals surface area (Å²) in [6, 6.07) is 13.3. The normalized spacial score (nSPS) is 11.0. The van der Waals surface area contributed by atoms with Gasteiger partial charge in [-0.15, -0.1) is 10.2 Å². The molecule has 2 N–H and O–H groups in total. The molecule has 0 saturated heterocycles. The maximum Gasteiger partial charge on any atom is 0.234 e. The van der Waals surface area contributed by atoms with E-state index >= 15 is 0 Å². The Kier molecular flexibility index (Phi) is 7.16. The second-order valence-electron chi connectivity index (χ2n) is 7.10. The number of aromatic nitrogens is 4. The molecule has 0 bridgehead atoms. The van der Waals surface area contributed by atoms with Crippen LogP contribution in [0, 0.1) is 0 Å². The van der Waals surface area contributed by atoms with Gasteiger partial charge in [0.05, 0.1) is 38.8 Å². The molecule has 0 spiro atoms. The number of fused-ring (bicyclic) bond motifs is 1. The Labute approximate surface area is 195 Å². The summed E-state index contributed by atoms with van der Waals surface area (Å²) in [6.07, 6.45) is 1.92. The fourth-order valence-electron chi connectivity index (χ4n) is 3.46. The Morgan fingerprint density at radius 3 is 2.76 bits per heavy atom. The minimum atomic E-state index is -0.193. The van der Waals surface area contributed by atoms with Gasteiger partial charge in [0.1, 0.15) is 11.5 Å². The second-order valence-corrected chi connectivity index (χ2v) is 8.04. The summed E-state index contributed by atoms with van der Waals surface area (Å²) in [4.78, 5) is 15.9. The molecule has 10 heteroatoms. The van der Waals surface area contributed by atoms with Crippen molar-refractivity contribution in [1.29, 1.82) is 0 Å². The lowest BCUT2D eigenvalue weighted by atomic mass is 10.1. The highest BCUT2D eigenvalue weighted by Crippen LogP contribution is 2.31. The zero-order valence-electron chi connectivity index (χ0n) is 18.6. The van der Waals surface area contributed by atoms with Gasteiger partial charge in [0.25, 0.3) is 0 Å². The molecular formula is C23H25N5O4S. The molecule has 9 nitrogen and oxygen atoms in total. The number of aromatic amines is 1. The van der Waals surface area contributed by atoms with Gasteiger partial charge in [-0.1, -0.05) is 30.0 Å². The number of nitrogens with one attached hydrogen (secondary N) is 2. The van der Waals surface area contributed by atoms with E-state index in [1.54, 1.807) is 39.5 Å². The van der Waals surface area contributed by atoms with Crippen molar-refractivity contribution >= 4 is 34.3 Å². The first-order valence-electron chi connectivity index (χ1n) is 10.3. The highest BCUT2D eigenvalue weighted by Gasteiger charge is 2.18. The van der Waals surface area contributed by atoms with E-state index in [9.17, 15) is 4.79 Å². The Hall–Kier alpha value is -3.50. The van der Waals surface area contributed by atoms with Gasteiger partial charge in [-0.2, -0.15) is 0 Å². The summed E-state index contributed by atoms with van der Waals surface area (Å²) >= 11 is 1.31. The molecule has 4 rings (SSSR count). The van der Waals surface area contributed by atoms with Crippen molar-refractivity contribution in [2.45, 2.75) is 11.7 Å². The van der Waals surface area contributed by atoms with E-state index in [4.69, 9.17) is 14.2 Å². The molecule has 0 aliphatic carbocycles.